The van der Waals surface area contributed by atoms with Gasteiger partial charge < -0.3 is 10.5 Å². The zero-order chi connectivity index (χ0) is 13.9. The first-order chi connectivity index (χ1) is 8.36. The van der Waals surface area contributed by atoms with E-state index in [1.807, 2.05) is 6.07 Å². The number of primary amides is 1. The van der Waals surface area contributed by atoms with E-state index >= 15 is 0 Å². The SMILES string of the molecule is CC(Oc1c(I)cc(C#N)cc1[N+](=O)[O-])C(N)=O. The molecule has 1 rings (SSSR count). The summed E-state index contributed by atoms with van der Waals surface area (Å²) in [6.07, 6.45) is -0.995. The molecule has 94 valence electrons. The van der Waals surface area contributed by atoms with E-state index in [0.717, 1.165) is 6.07 Å². The number of rotatable bonds is 4. The molecule has 0 heterocycles. The molecule has 0 aliphatic rings. The van der Waals surface area contributed by atoms with E-state index in [0.29, 0.717) is 3.57 Å². The Morgan fingerprint density at radius 1 is 1.67 bits per heavy atom. The van der Waals surface area contributed by atoms with Gasteiger partial charge in [0.2, 0.25) is 5.75 Å². The maximum absolute atomic E-state index is 10.9. The molecule has 0 aliphatic heterocycles. The second-order valence-electron chi connectivity index (χ2n) is 3.34. The fraction of sp³-hybridized carbons (Fsp3) is 0.200. The standard InChI is InChI=1S/C10H8IN3O4/c1-5(10(13)15)18-9-7(11)2-6(4-12)3-8(9)14(16)17/h2-3,5H,1H3,(H2,13,15). The first-order valence-electron chi connectivity index (χ1n) is 4.70. The van der Waals surface area contributed by atoms with Gasteiger partial charge in [0, 0.05) is 6.07 Å². The molecule has 0 saturated heterocycles. The molecule has 1 amide bonds. The van der Waals surface area contributed by atoms with Crippen molar-refractivity contribution < 1.29 is 14.5 Å². The van der Waals surface area contributed by atoms with Gasteiger partial charge in [0.25, 0.3) is 5.91 Å². The van der Waals surface area contributed by atoms with E-state index in [-0.39, 0.29) is 17.0 Å². The highest BCUT2D eigenvalue weighted by Gasteiger charge is 2.23. The predicted molar refractivity (Wildman–Crippen MR) is 69.8 cm³/mol. The third-order valence-corrected chi connectivity index (χ3v) is 2.85. The minimum atomic E-state index is -0.995. The van der Waals surface area contributed by atoms with Gasteiger partial charge >= 0.3 is 5.69 Å². The number of hydrogen-bond acceptors (Lipinski definition) is 5. The topological polar surface area (TPSA) is 119 Å². The molecule has 0 spiro atoms. The Hall–Kier alpha value is -1.89. The van der Waals surface area contributed by atoms with Crippen LogP contribution in [0.1, 0.15) is 12.5 Å². The van der Waals surface area contributed by atoms with E-state index < -0.39 is 16.9 Å². The summed E-state index contributed by atoms with van der Waals surface area (Å²) < 4.78 is 5.53. The molecular formula is C10H8IN3O4. The van der Waals surface area contributed by atoms with Gasteiger partial charge in [-0.3, -0.25) is 14.9 Å². The average Bonchev–Trinajstić information content (AvgIpc) is 2.30. The van der Waals surface area contributed by atoms with E-state index in [1.165, 1.54) is 13.0 Å². The van der Waals surface area contributed by atoms with Crippen molar-refractivity contribution in [3.63, 3.8) is 0 Å². The van der Waals surface area contributed by atoms with Crippen LogP contribution in [0.25, 0.3) is 0 Å². The number of ether oxygens (including phenoxy) is 1. The Labute approximate surface area is 116 Å². The molecule has 8 heteroatoms. The van der Waals surface area contributed by atoms with Crippen LogP contribution in [0.15, 0.2) is 12.1 Å². The zero-order valence-corrected chi connectivity index (χ0v) is 11.4. The van der Waals surface area contributed by atoms with Crippen LogP contribution in [-0.2, 0) is 4.79 Å². The number of nitriles is 1. The Balaban J connectivity index is 3.30. The first-order valence-corrected chi connectivity index (χ1v) is 5.78. The average molecular weight is 361 g/mol. The van der Waals surface area contributed by atoms with Crippen LogP contribution in [0, 0.1) is 25.0 Å². The van der Waals surface area contributed by atoms with Gasteiger partial charge in [0.1, 0.15) is 0 Å². The second-order valence-corrected chi connectivity index (χ2v) is 4.50. The molecule has 1 unspecified atom stereocenters. The molecule has 1 aromatic rings. The maximum Gasteiger partial charge on any atom is 0.313 e. The lowest BCUT2D eigenvalue weighted by atomic mass is 10.2. The summed E-state index contributed by atoms with van der Waals surface area (Å²) in [6, 6.07) is 4.33. The van der Waals surface area contributed by atoms with Crippen molar-refractivity contribution in [3.8, 4) is 11.8 Å². The number of carbonyl (C=O) groups is 1. The maximum atomic E-state index is 10.9. The summed E-state index contributed by atoms with van der Waals surface area (Å²) in [4.78, 5) is 21.1. The molecular weight excluding hydrogens is 353 g/mol. The summed E-state index contributed by atoms with van der Waals surface area (Å²) in [7, 11) is 0. The van der Waals surface area contributed by atoms with Crippen molar-refractivity contribution in [2.24, 2.45) is 5.73 Å². The first kappa shape index (κ1) is 14.2. The lowest BCUT2D eigenvalue weighted by molar-refractivity contribution is -0.386. The van der Waals surface area contributed by atoms with E-state index in [2.05, 4.69) is 0 Å². The quantitative estimate of drug-likeness (QED) is 0.493. The normalized spacial score (nSPS) is 11.4. The van der Waals surface area contributed by atoms with Gasteiger partial charge in [-0.2, -0.15) is 5.26 Å². The van der Waals surface area contributed by atoms with E-state index in [1.54, 1.807) is 22.6 Å². The Morgan fingerprint density at radius 3 is 2.72 bits per heavy atom. The van der Waals surface area contributed by atoms with Crippen LogP contribution in [-0.4, -0.2) is 16.9 Å². The van der Waals surface area contributed by atoms with Crippen molar-refractivity contribution in [1.82, 2.24) is 0 Å². The van der Waals surface area contributed by atoms with Gasteiger partial charge in [-0.1, -0.05) is 0 Å². The number of nitro benzene ring substituents is 1. The second kappa shape index (κ2) is 5.63. The smallest absolute Gasteiger partial charge is 0.313 e. The molecule has 0 aromatic heterocycles. The Bertz CT molecular complexity index is 553. The zero-order valence-electron chi connectivity index (χ0n) is 9.21. The number of carbonyl (C=O) groups excluding carboxylic acids is 1. The highest BCUT2D eigenvalue weighted by molar-refractivity contribution is 14.1. The summed E-state index contributed by atoms with van der Waals surface area (Å²) in [5.41, 5.74) is 4.80. The monoisotopic (exact) mass is 361 g/mol. The molecule has 18 heavy (non-hydrogen) atoms. The van der Waals surface area contributed by atoms with Crippen LogP contribution in [0.4, 0.5) is 5.69 Å². The fourth-order valence-electron chi connectivity index (χ4n) is 1.13. The molecule has 0 saturated carbocycles. The molecule has 0 fully saturated rings. The van der Waals surface area contributed by atoms with Crippen molar-refractivity contribution in [2.45, 2.75) is 13.0 Å². The van der Waals surface area contributed by atoms with Crippen LogP contribution < -0.4 is 10.5 Å². The molecule has 0 bridgehead atoms. The van der Waals surface area contributed by atoms with Crippen molar-refractivity contribution >= 4 is 34.2 Å². The lowest BCUT2D eigenvalue weighted by Crippen LogP contribution is -2.31. The summed E-state index contributed by atoms with van der Waals surface area (Å²) in [6.45, 7) is 1.39. The van der Waals surface area contributed by atoms with Crippen LogP contribution in [0.2, 0.25) is 0 Å². The van der Waals surface area contributed by atoms with Crippen molar-refractivity contribution in [3.05, 3.63) is 31.4 Å². The minimum Gasteiger partial charge on any atom is -0.473 e. The van der Waals surface area contributed by atoms with Gasteiger partial charge in [-0.05, 0) is 35.6 Å². The summed E-state index contributed by atoms with van der Waals surface area (Å²) >= 11 is 1.79. The van der Waals surface area contributed by atoms with Crippen molar-refractivity contribution in [1.29, 1.82) is 5.26 Å². The molecule has 0 radical (unpaired) electrons. The highest BCUT2D eigenvalue weighted by Crippen LogP contribution is 2.34. The largest absolute Gasteiger partial charge is 0.473 e. The van der Waals surface area contributed by atoms with E-state index in [9.17, 15) is 14.9 Å². The van der Waals surface area contributed by atoms with Gasteiger partial charge in [-0.15, -0.1) is 0 Å². The molecule has 2 N–H and O–H groups in total. The number of nitrogens with two attached hydrogens (primary N) is 1. The Morgan fingerprint density at radius 2 is 2.28 bits per heavy atom. The third kappa shape index (κ3) is 3.07. The lowest BCUT2D eigenvalue weighted by Gasteiger charge is -2.12. The number of nitrogens with zero attached hydrogens (tertiary/aromatic N) is 2. The molecule has 1 aromatic carbocycles. The number of amides is 1. The van der Waals surface area contributed by atoms with Crippen LogP contribution in [0.5, 0.6) is 5.75 Å². The van der Waals surface area contributed by atoms with E-state index in [4.69, 9.17) is 15.7 Å². The fourth-order valence-corrected chi connectivity index (χ4v) is 1.87. The molecule has 1 atom stereocenters. The number of benzene rings is 1. The summed E-state index contributed by atoms with van der Waals surface area (Å²) in [5.74, 6) is -0.796. The minimum absolute atomic E-state index is 0.0640. The number of nitro groups is 1. The van der Waals surface area contributed by atoms with Gasteiger partial charge in [0.15, 0.2) is 6.10 Å². The molecule has 7 nitrogen and oxygen atoms in total. The third-order valence-electron chi connectivity index (χ3n) is 2.05. The van der Waals surface area contributed by atoms with Gasteiger partial charge in [-0.25, -0.2) is 0 Å². The highest BCUT2D eigenvalue weighted by atomic mass is 127. The summed E-state index contributed by atoms with van der Waals surface area (Å²) in [5, 5.41) is 19.6. The van der Waals surface area contributed by atoms with Crippen LogP contribution >= 0.6 is 22.6 Å². The van der Waals surface area contributed by atoms with Crippen LogP contribution in [0.3, 0.4) is 0 Å². The predicted octanol–water partition coefficient (Wildman–Crippen LogP) is 1.32. The Kier molecular flexibility index (Phi) is 4.43. The number of hydrogen-bond donors (Lipinski definition) is 1. The van der Waals surface area contributed by atoms with Crippen molar-refractivity contribution in [2.75, 3.05) is 0 Å². The number of halogens is 1. The molecule has 0 aliphatic carbocycles. The van der Waals surface area contributed by atoms with Gasteiger partial charge in [0.05, 0.1) is 20.1 Å².